The number of nitrogens with zero attached hydrogens (tertiary/aromatic N) is 2. The van der Waals surface area contributed by atoms with Gasteiger partial charge in [0, 0.05) is 25.9 Å². The third-order valence-electron chi connectivity index (χ3n) is 4.91. The highest BCUT2D eigenvalue weighted by molar-refractivity contribution is 6.03. The average molecular weight is 379 g/mol. The number of amides is 3. The fraction of sp³-hybridized carbons (Fsp3) is 0.286. The minimum absolute atomic E-state index is 0.0292. The summed E-state index contributed by atoms with van der Waals surface area (Å²) in [4.78, 5) is 40.1. The van der Waals surface area contributed by atoms with Gasteiger partial charge in [0.1, 0.15) is 5.75 Å². The Bertz CT molecular complexity index is 927. The lowest BCUT2D eigenvalue weighted by molar-refractivity contribution is -0.121. The first-order chi connectivity index (χ1) is 13.6. The van der Waals surface area contributed by atoms with Crippen molar-refractivity contribution in [2.45, 2.75) is 19.3 Å². The summed E-state index contributed by atoms with van der Waals surface area (Å²) in [6, 6.07) is 14.6. The van der Waals surface area contributed by atoms with E-state index >= 15 is 0 Å². The number of fused-ring (bicyclic) bond motifs is 1. The van der Waals surface area contributed by atoms with Crippen molar-refractivity contribution in [3.63, 3.8) is 0 Å². The van der Waals surface area contributed by atoms with E-state index in [-0.39, 0.29) is 37.3 Å². The normalized spacial score (nSPS) is 16.0. The second-order valence-electron chi connectivity index (χ2n) is 6.77. The zero-order valence-electron chi connectivity index (χ0n) is 15.4. The van der Waals surface area contributed by atoms with Gasteiger partial charge in [0.2, 0.25) is 11.8 Å². The van der Waals surface area contributed by atoms with Crippen LogP contribution in [-0.4, -0.2) is 37.4 Å². The molecule has 0 spiro atoms. The maximum absolute atomic E-state index is 12.5. The highest BCUT2D eigenvalue weighted by Crippen LogP contribution is 2.32. The lowest BCUT2D eigenvalue weighted by Gasteiger charge is -2.29. The molecule has 0 saturated carbocycles. The van der Waals surface area contributed by atoms with Crippen LogP contribution in [0.4, 0.5) is 17.1 Å². The van der Waals surface area contributed by atoms with E-state index in [0.717, 1.165) is 6.42 Å². The first-order valence-corrected chi connectivity index (χ1v) is 9.35. The number of hydrogen-bond acceptors (Lipinski definition) is 4. The van der Waals surface area contributed by atoms with E-state index in [1.807, 2.05) is 30.3 Å². The van der Waals surface area contributed by atoms with Gasteiger partial charge in [-0.15, -0.1) is 0 Å². The van der Waals surface area contributed by atoms with Crippen LogP contribution < -0.4 is 19.9 Å². The van der Waals surface area contributed by atoms with Crippen molar-refractivity contribution in [1.82, 2.24) is 0 Å². The minimum Gasteiger partial charge on any atom is -0.482 e. The minimum atomic E-state index is -0.212. The van der Waals surface area contributed by atoms with E-state index in [2.05, 4.69) is 5.32 Å². The smallest absolute Gasteiger partial charge is 0.265 e. The zero-order valence-corrected chi connectivity index (χ0v) is 15.4. The van der Waals surface area contributed by atoms with Crippen LogP contribution in [-0.2, 0) is 14.4 Å². The third kappa shape index (κ3) is 3.55. The fourth-order valence-corrected chi connectivity index (χ4v) is 3.54. The number of anilines is 3. The van der Waals surface area contributed by atoms with Gasteiger partial charge in [-0.2, -0.15) is 0 Å². The van der Waals surface area contributed by atoms with Gasteiger partial charge in [-0.05, 0) is 30.7 Å². The van der Waals surface area contributed by atoms with Crippen molar-refractivity contribution in [1.29, 1.82) is 0 Å². The Morgan fingerprint density at radius 1 is 1.00 bits per heavy atom. The van der Waals surface area contributed by atoms with Gasteiger partial charge < -0.3 is 19.9 Å². The Morgan fingerprint density at radius 2 is 1.75 bits per heavy atom. The number of carbonyl (C=O) groups is 3. The second kappa shape index (κ2) is 7.72. The molecule has 0 bridgehead atoms. The van der Waals surface area contributed by atoms with Crippen molar-refractivity contribution in [3.05, 3.63) is 48.5 Å². The van der Waals surface area contributed by atoms with E-state index in [9.17, 15) is 14.4 Å². The molecule has 7 nitrogen and oxygen atoms in total. The topological polar surface area (TPSA) is 79.0 Å². The molecule has 1 fully saturated rings. The SMILES string of the molecule is O=C(CCN1C(=O)COc2ccccc21)Nc1ccccc1N1CCCC1=O. The molecule has 4 rings (SSSR count). The van der Waals surface area contributed by atoms with Gasteiger partial charge in [-0.1, -0.05) is 24.3 Å². The number of para-hydroxylation sites is 4. The number of ether oxygens (including phenoxy) is 1. The first-order valence-electron chi connectivity index (χ1n) is 9.35. The molecule has 2 aromatic rings. The molecule has 144 valence electrons. The van der Waals surface area contributed by atoms with E-state index in [1.165, 1.54) is 0 Å². The monoisotopic (exact) mass is 379 g/mol. The number of benzene rings is 2. The fourth-order valence-electron chi connectivity index (χ4n) is 3.54. The molecule has 2 heterocycles. The summed E-state index contributed by atoms with van der Waals surface area (Å²) in [6.07, 6.45) is 1.49. The van der Waals surface area contributed by atoms with Crippen molar-refractivity contribution in [2.75, 3.05) is 34.8 Å². The van der Waals surface area contributed by atoms with Crippen LogP contribution >= 0.6 is 0 Å². The molecule has 2 aliphatic heterocycles. The van der Waals surface area contributed by atoms with Gasteiger partial charge in [0.05, 0.1) is 17.1 Å². The van der Waals surface area contributed by atoms with Crippen LogP contribution in [0.5, 0.6) is 5.75 Å². The van der Waals surface area contributed by atoms with E-state index < -0.39 is 0 Å². The zero-order chi connectivity index (χ0) is 19.5. The summed E-state index contributed by atoms with van der Waals surface area (Å²) in [7, 11) is 0. The Morgan fingerprint density at radius 3 is 2.54 bits per heavy atom. The lowest BCUT2D eigenvalue weighted by Crippen LogP contribution is -2.40. The van der Waals surface area contributed by atoms with Crippen LogP contribution in [0.2, 0.25) is 0 Å². The van der Waals surface area contributed by atoms with E-state index in [0.29, 0.717) is 35.8 Å². The van der Waals surface area contributed by atoms with Crippen LogP contribution in [0.15, 0.2) is 48.5 Å². The van der Waals surface area contributed by atoms with E-state index in [4.69, 9.17) is 4.74 Å². The van der Waals surface area contributed by atoms with Gasteiger partial charge in [0.25, 0.3) is 5.91 Å². The molecule has 7 heteroatoms. The molecule has 28 heavy (non-hydrogen) atoms. The molecule has 0 atom stereocenters. The van der Waals surface area contributed by atoms with Crippen molar-refractivity contribution in [2.24, 2.45) is 0 Å². The highest BCUT2D eigenvalue weighted by atomic mass is 16.5. The predicted molar refractivity (Wildman–Crippen MR) is 106 cm³/mol. The first kappa shape index (κ1) is 18.0. The third-order valence-corrected chi connectivity index (χ3v) is 4.91. The maximum Gasteiger partial charge on any atom is 0.265 e. The summed E-state index contributed by atoms with van der Waals surface area (Å²) in [5, 5.41) is 2.88. The maximum atomic E-state index is 12.5. The van der Waals surface area contributed by atoms with Crippen LogP contribution in [0.3, 0.4) is 0 Å². The summed E-state index contributed by atoms with van der Waals surface area (Å²) in [5.74, 6) is 0.322. The molecule has 1 N–H and O–H groups in total. The Kier molecular flexibility index (Phi) is 4.97. The standard InChI is InChI=1S/C21H21N3O4/c25-19(11-13-24-17-8-3-4-9-18(17)28-14-21(24)27)22-15-6-1-2-7-16(15)23-12-5-10-20(23)26/h1-4,6-9H,5,10-14H2,(H,22,25). The largest absolute Gasteiger partial charge is 0.482 e. The van der Waals surface area contributed by atoms with Crippen molar-refractivity contribution >= 4 is 34.8 Å². The van der Waals surface area contributed by atoms with Crippen LogP contribution in [0, 0.1) is 0 Å². The summed E-state index contributed by atoms with van der Waals surface area (Å²) < 4.78 is 5.42. The van der Waals surface area contributed by atoms with Gasteiger partial charge in [0.15, 0.2) is 6.61 Å². The van der Waals surface area contributed by atoms with Crippen LogP contribution in [0.1, 0.15) is 19.3 Å². The predicted octanol–water partition coefficient (Wildman–Crippen LogP) is 2.57. The molecule has 0 unspecified atom stereocenters. The molecular weight excluding hydrogens is 358 g/mol. The second-order valence-corrected chi connectivity index (χ2v) is 6.77. The highest BCUT2D eigenvalue weighted by Gasteiger charge is 2.26. The number of carbonyl (C=O) groups excluding carboxylic acids is 3. The molecular formula is C21H21N3O4. The number of rotatable bonds is 5. The van der Waals surface area contributed by atoms with E-state index in [1.54, 1.807) is 28.0 Å². The van der Waals surface area contributed by atoms with Gasteiger partial charge in [-0.25, -0.2) is 0 Å². The molecule has 3 amide bonds. The Balaban J connectivity index is 1.44. The molecule has 0 radical (unpaired) electrons. The molecule has 0 aromatic heterocycles. The summed E-state index contributed by atoms with van der Waals surface area (Å²) in [5.41, 5.74) is 2.00. The Hall–Kier alpha value is -3.35. The van der Waals surface area contributed by atoms with Crippen molar-refractivity contribution in [3.8, 4) is 5.75 Å². The Labute approximate surface area is 162 Å². The molecule has 2 aromatic carbocycles. The molecule has 2 aliphatic rings. The summed E-state index contributed by atoms with van der Waals surface area (Å²) >= 11 is 0. The van der Waals surface area contributed by atoms with Crippen molar-refractivity contribution < 1.29 is 19.1 Å². The lowest BCUT2D eigenvalue weighted by atomic mass is 10.2. The number of hydrogen-bond donors (Lipinski definition) is 1. The average Bonchev–Trinajstić information content (AvgIpc) is 3.13. The van der Waals surface area contributed by atoms with Gasteiger partial charge in [-0.3, -0.25) is 14.4 Å². The van der Waals surface area contributed by atoms with Gasteiger partial charge >= 0.3 is 0 Å². The number of nitrogens with one attached hydrogen (secondary N) is 1. The molecule has 1 saturated heterocycles. The van der Waals surface area contributed by atoms with Crippen LogP contribution in [0.25, 0.3) is 0 Å². The summed E-state index contributed by atoms with van der Waals surface area (Å²) in [6.45, 7) is 0.888. The quantitative estimate of drug-likeness (QED) is 0.866. The molecule has 0 aliphatic carbocycles.